The molecule has 0 saturated carbocycles. The molecule has 0 spiro atoms. The Balaban J connectivity index is 1.95. The number of esters is 1. The summed E-state index contributed by atoms with van der Waals surface area (Å²) in [6.07, 6.45) is -0.754. The average molecular weight is 300 g/mol. The summed E-state index contributed by atoms with van der Waals surface area (Å²) in [4.78, 5) is 22.4. The second-order valence-corrected chi connectivity index (χ2v) is 4.66. The van der Waals surface area contributed by atoms with Crippen LogP contribution in [0.25, 0.3) is 0 Å². The van der Waals surface area contributed by atoms with Crippen molar-refractivity contribution in [3.63, 3.8) is 0 Å². The fraction of sp³-hybridized carbons (Fsp3) is 0.133. The van der Waals surface area contributed by atoms with Gasteiger partial charge in [0.15, 0.2) is 0 Å². The number of rotatable bonds is 4. The third kappa shape index (κ3) is 2.32. The fourth-order valence-corrected chi connectivity index (χ4v) is 2.31. The lowest BCUT2D eigenvalue weighted by Crippen LogP contribution is -2.11. The summed E-state index contributed by atoms with van der Waals surface area (Å²) in [6, 6.07) is 11.3. The Hall–Kier alpha value is -3.09. The first kappa shape index (κ1) is 13.9. The van der Waals surface area contributed by atoms with Gasteiger partial charge in [-0.25, -0.2) is 4.79 Å². The van der Waals surface area contributed by atoms with Crippen LogP contribution in [0.3, 0.4) is 0 Å². The van der Waals surface area contributed by atoms with E-state index in [2.05, 4.69) is 5.32 Å². The Morgan fingerprint density at radius 3 is 2.77 bits per heavy atom. The predicted octanol–water partition coefficient (Wildman–Crippen LogP) is 2.88. The zero-order valence-electron chi connectivity index (χ0n) is 11.6. The number of carbonyl (C=O) groups is 1. The van der Waals surface area contributed by atoms with Gasteiger partial charge >= 0.3 is 5.97 Å². The fourth-order valence-electron chi connectivity index (χ4n) is 2.31. The third-order valence-corrected chi connectivity index (χ3v) is 3.38. The van der Waals surface area contributed by atoms with Crippen LogP contribution in [-0.4, -0.2) is 18.0 Å². The monoisotopic (exact) mass is 300 g/mol. The van der Waals surface area contributed by atoms with Gasteiger partial charge in [0.05, 0.1) is 23.7 Å². The average Bonchev–Trinajstić information content (AvgIpc) is 2.84. The molecule has 2 aromatic rings. The number of benzene rings is 2. The van der Waals surface area contributed by atoms with Crippen LogP contribution in [0.4, 0.5) is 11.4 Å². The number of methoxy groups -OCH3 is 1. The third-order valence-electron chi connectivity index (χ3n) is 3.38. The molecule has 3 rings (SSSR count). The summed E-state index contributed by atoms with van der Waals surface area (Å²) in [5, 5.41) is 14.1. The molecule has 2 aromatic carbocycles. The number of anilines is 1. The molecule has 0 bridgehead atoms. The van der Waals surface area contributed by atoms with Crippen molar-refractivity contribution in [2.24, 2.45) is 0 Å². The number of nitrogens with one attached hydrogen (secondary N) is 1. The van der Waals surface area contributed by atoms with Crippen molar-refractivity contribution in [1.29, 1.82) is 0 Å². The quantitative estimate of drug-likeness (QED) is 0.530. The molecule has 0 aromatic heterocycles. The molecule has 1 aliphatic rings. The van der Waals surface area contributed by atoms with Crippen LogP contribution in [0.1, 0.15) is 22.1 Å². The zero-order valence-corrected chi connectivity index (χ0v) is 11.6. The molecule has 1 aliphatic heterocycles. The highest BCUT2D eigenvalue weighted by Crippen LogP contribution is 2.35. The summed E-state index contributed by atoms with van der Waals surface area (Å²) in [7, 11) is 1.43. The highest BCUT2D eigenvalue weighted by Gasteiger charge is 2.31. The molecule has 1 unspecified atom stereocenters. The van der Waals surface area contributed by atoms with Crippen molar-refractivity contribution in [2.75, 3.05) is 12.4 Å². The lowest BCUT2D eigenvalue weighted by Gasteiger charge is -2.14. The van der Waals surface area contributed by atoms with Crippen LogP contribution in [-0.2, 0) is 4.74 Å². The maximum absolute atomic E-state index is 11.8. The molecule has 0 amide bonds. The van der Waals surface area contributed by atoms with E-state index >= 15 is 0 Å². The second-order valence-electron chi connectivity index (χ2n) is 4.66. The van der Waals surface area contributed by atoms with Gasteiger partial charge in [-0.05, 0) is 18.2 Å². The van der Waals surface area contributed by atoms with Gasteiger partial charge in [0.25, 0.3) is 5.69 Å². The van der Waals surface area contributed by atoms with Crippen LogP contribution < -0.4 is 10.1 Å². The van der Waals surface area contributed by atoms with Gasteiger partial charge in [-0.3, -0.25) is 10.1 Å². The smallest absolute Gasteiger partial charge is 0.340 e. The summed E-state index contributed by atoms with van der Waals surface area (Å²) in [6.45, 7) is 0. The Bertz CT molecular complexity index is 759. The number of nitro benzene ring substituents is 1. The number of cyclic esters (lactones) is 1. The topological polar surface area (TPSA) is 90.7 Å². The van der Waals surface area contributed by atoms with E-state index in [-0.39, 0.29) is 11.4 Å². The van der Waals surface area contributed by atoms with Gasteiger partial charge in [-0.1, -0.05) is 18.2 Å². The molecule has 0 radical (unpaired) electrons. The van der Waals surface area contributed by atoms with Crippen LogP contribution in [0.5, 0.6) is 5.75 Å². The summed E-state index contributed by atoms with van der Waals surface area (Å²) in [5.74, 6) is -0.0784. The van der Waals surface area contributed by atoms with Crippen LogP contribution >= 0.6 is 0 Å². The zero-order chi connectivity index (χ0) is 15.7. The number of nitro groups is 1. The minimum absolute atomic E-state index is 0.153. The molecule has 7 nitrogen and oxygen atoms in total. The van der Waals surface area contributed by atoms with Gasteiger partial charge in [-0.2, -0.15) is 0 Å². The molecule has 1 atom stereocenters. The molecule has 112 valence electrons. The molecule has 0 aliphatic carbocycles. The van der Waals surface area contributed by atoms with Crippen LogP contribution in [0.15, 0.2) is 42.5 Å². The van der Waals surface area contributed by atoms with Crippen molar-refractivity contribution in [2.45, 2.75) is 6.23 Å². The Morgan fingerprint density at radius 2 is 2.05 bits per heavy atom. The molecule has 0 saturated heterocycles. The number of nitrogens with zero attached hydrogens (tertiary/aromatic N) is 1. The van der Waals surface area contributed by atoms with E-state index in [0.717, 1.165) is 0 Å². The predicted molar refractivity (Wildman–Crippen MR) is 77.9 cm³/mol. The lowest BCUT2D eigenvalue weighted by atomic mass is 10.1. The van der Waals surface area contributed by atoms with Gasteiger partial charge in [0, 0.05) is 5.56 Å². The van der Waals surface area contributed by atoms with Crippen molar-refractivity contribution in [1.82, 2.24) is 0 Å². The van der Waals surface area contributed by atoms with Gasteiger partial charge < -0.3 is 14.8 Å². The van der Waals surface area contributed by atoms with Crippen LogP contribution in [0, 0.1) is 10.1 Å². The number of hydrogen-bond acceptors (Lipinski definition) is 6. The number of fused-ring (bicyclic) bond motifs is 1. The first-order valence-corrected chi connectivity index (χ1v) is 6.49. The largest absolute Gasteiger partial charge is 0.496 e. The maximum Gasteiger partial charge on any atom is 0.340 e. The SMILES string of the molecule is COc1ccc(NC2OC(=O)c3ccccc32)c([N+](=O)[O-])c1. The Kier molecular flexibility index (Phi) is 3.38. The summed E-state index contributed by atoms with van der Waals surface area (Å²) in [5.41, 5.74) is 1.20. The lowest BCUT2D eigenvalue weighted by molar-refractivity contribution is -0.384. The maximum atomic E-state index is 11.8. The highest BCUT2D eigenvalue weighted by molar-refractivity contribution is 5.94. The standard InChI is InChI=1S/C15H12N2O5/c1-21-9-6-7-12(13(8-9)17(19)20)16-14-10-4-2-3-5-11(10)15(18)22-14/h2-8,14,16H,1H3. The minimum Gasteiger partial charge on any atom is -0.496 e. The van der Waals surface area contributed by atoms with Crippen molar-refractivity contribution < 1.29 is 19.2 Å². The van der Waals surface area contributed by atoms with Gasteiger partial charge in [-0.15, -0.1) is 0 Å². The number of ether oxygens (including phenoxy) is 2. The number of hydrogen-bond donors (Lipinski definition) is 1. The van der Waals surface area contributed by atoms with E-state index in [9.17, 15) is 14.9 Å². The summed E-state index contributed by atoms with van der Waals surface area (Å²) < 4.78 is 10.2. The Morgan fingerprint density at radius 1 is 1.27 bits per heavy atom. The molecule has 7 heteroatoms. The molecular weight excluding hydrogens is 288 g/mol. The molecule has 22 heavy (non-hydrogen) atoms. The molecule has 0 fully saturated rings. The molecule has 1 N–H and O–H groups in total. The van der Waals surface area contributed by atoms with Crippen molar-refractivity contribution >= 4 is 17.3 Å². The molecular formula is C15H12N2O5. The van der Waals surface area contributed by atoms with E-state index in [4.69, 9.17) is 9.47 Å². The van der Waals surface area contributed by atoms with Crippen molar-refractivity contribution in [3.05, 3.63) is 63.7 Å². The van der Waals surface area contributed by atoms with Gasteiger partial charge in [0.2, 0.25) is 6.23 Å². The van der Waals surface area contributed by atoms with Crippen molar-refractivity contribution in [3.8, 4) is 5.75 Å². The molecule has 1 heterocycles. The normalized spacial score (nSPS) is 15.9. The van der Waals surface area contributed by atoms with Crippen LogP contribution in [0.2, 0.25) is 0 Å². The first-order chi connectivity index (χ1) is 10.6. The summed E-state index contributed by atoms with van der Waals surface area (Å²) >= 11 is 0. The Labute approximate surface area is 125 Å². The minimum atomic E-state index is -0.754. The van der Waals surface area contributed by atoms with E-state index in [1.807, 2.05) is 0 Å². The first-order valence-electron chi connectivity index (χ1n) is 6.49. The van der Waals surface area contributed by atoms with E-state index < -0.39 is 17.1 Å². The van der Waals surface area contributed by atoms with E-state index in [0.29, 0.717) is 16.9 Å². The van der Waals surface area contributed by atoms with E-state index in [1.54, 1.807) is 30.3 Å². The van der Waals surface area contributed by atoms with E-state index in [1.165, 1.54) is 19.2 Å². The van der Waals surface area contributed by atoms with Gasteiger partial charge in [0.1, 0.15) is 11.4 Å². The highest BCUT2D eigenvalue weighted by atomic mass is 16.6. The second kappa shape index (κ2) is 5.36. The number of carbonyl (C=O) groups excluding carboxylic acids is 1.